The minimum atomic E-state index is -0.677. The normalized spacial score (nSPS) is 15.9. The van der Waals surface area contributed by atoms with E-state index in [1.54, 1.807) is 4.57 Å². The third-order valence-electron chi connectivity index (χ3n) is 6.19. The molecule has 1 amide bonds. The molecule has 1 aliphatic heterocycles. The van der Waals surface area contributed by atoms with Crippen molar-refractivity contribution in [2.24, 2.45) is 5.92 Å². The van der Waals surface area contributed by atoms with Gasteiger partial charge in [0.2, 0.25) is 11.9 Å². The lowest BCUT2D eigenvalue weighted by molar-refractivity contribution is -0.125. The number of rotatable bonds is 6. The van der Waals surface area contributed by atoms with E-state index in [9.17, 15) is 18.4 Å². The fourth-order valence-electron chi connectivity index (χ4n) is 4.50. The van der Waals surface area contributed by atoms with Gasteiger partial charge in [-0.3, -0.25) is 14.2 Å². The highest BCUT2D eigenvalue weighted by molar-refractivity contribution is 7.17. The maximum Gasteiger partial charge on any atom is 0.273 e. The first-order valence-electron chi connectivity index (χ1n) is 11.5. The molecule has 0 radical (unpaired) electrons. The molecule has 2 aromatic carbocycles. The van der Waals surface area contributed by atoms with Crippen molar-refractivity contribution in [3.63, 3.8) is 0 Å². The fraction of sp³-hybridized carbons (Fsp3) is 0.269. The Hall–Kier alpha value is -3.59. The van der Waals surface area contributed by atoms with E-state index in [4.69, 9.17) is 4.98 Å². The second kappa shape index (κ2) is 9.95. The maximum atomic E-state index is 13.5. The number of benzene rings is 2. The zero-order valence-corrected chi connectivity index (χ0v) is 19.7. The molecule has 0 unspecified atom stereocenters. The number of thiophene rings is 1. The molecule has 9 heteroatoms. The van der Waals surface area contributed by atoms with Crippen LogP contribution in [-0.2, 0) is 17.9 Å². The van der Waals surface area contributed by atoms with Crippen LogP contribution in [0.25, 0.3) is 10.2 Å². The third kappa shape index (κ3) is 5.09. The monoisotopic (exact) mass is 494 g/mol. The number of amides is 1. The molecule has 0 spiro atoms. The summed E-state index contributed by atoms with van der Waals surface area (Å²) in [5.41, 5.74) is 1.91. The SMILES string of the molecule is O=C(NCc1cc(F)cc(F)c1)[C@H]1CCCN(c2nc3ccsc3c(=O)n2Cc2ccccc2)C1. The van der Waals surface area contributed by atoms with Crippen molar-refractivity contribution in [3.8, 4) is 0 Å². The van der Waals surface area contributed by atoms with E-state index < -0.39 is 11.6 Å². The quantitative estimate of drug-likeness (QED) is 0.434. The van der Waals surface area contributed by atoms with Gasteiger partial charge in [0.15, 0.2) is 0 Å². The number of fused-ring (bicyclic) bond motifs is 1. The number of halogens is 2. The van der Waals surface area contributed by atoms with Gasteiger partial charge in [0.1, 0.15) is 16.3 Å². The van der Waals surface area contributed by atoms with Crippen molar-refractivity contribution in [1.82, 2.24) is 14.9 Å². The summed E-state index contributed by atoms with van der Waals surface area (Å²) in [6.45, 7) is 1.51. The largest absolute Gasteiger partial charge is 0.352 e. The molecule has 4 aromatic rings. The van der Waals surface area contributed by atoms with Crippen LogP contribution in [0.1, 0.15) is 24.0 Å². The van der Waals surface area contributed by atoms with E-state index in [1.807, 2.05) is 46.7 Å². The Morgan fingerprint density at radius 1 is 1.09 bits per heavy atom. The summed E-state index contributed by atoms with van der Waals surface area (Å²) >= 11 is 1.37. The molecule has 1 aliphatic rings. The molecule has 0 bridgehead atoms. The number of carbonyl (C=O) groups is 1. The second-order valence-corrected chi connectivity index (χ2v) is 9.62. The lowest BCUT2D eigenvalue weighted by Gasteiger charge is -2.34. The van der Waals surface area contributed by atoms with Crippen molar-refractivity contribution in [2.75, 3.05) is 18.0 Å². The molecule has 6 nitrogen and oxygen atoms in total. The van der Waals surface area contributed by atoms with Gasteiger partial charge < -0.3 is 10.2 Å². The Morgan fingerprint density at radius 3 is 2.63 bits per heavy atom. The molecular formula is C26H24F2N4O2S. The maximum absolute atomic E-state index is 13.5. The smallest absolute Gasteiger partial charge is 0.273 e. The van der Waals surface area contributed by atoms with Crippen molar-refractivity contribution < 1.29 is 13.6 Å². The average Bonchev–Trinajstić information content (AvgIpc) is 3.33. The topological polar surface area (TPSA) is 67.2 Å². The highest BCUT2D eigenvalue weighted by Gasteiger charge is 2.29. The number of aromatic nitrogens is 2. The molecule has 1 N–H and O–H groups in total. The van der Waals surface area contributed by atoms with Gasteiger partial charge in [-0.1, -0.05) is 30.3 Å². The number of carbonyl (C=O) groups excluding carboxylic acids is 1. The summed E-state index contributed by atoms with van der Waals surface area (Å²) in [6, 6.07) is 14.8. The van der Waals surface area contributed by atoms with Gasteiger partial charge in [-0.2, -0.15) is 0 Å². The van der Waals surface area contributed by atoms with Crippen LogP contribution in [-0.4, -0.2) is 28.5 Å². The summed E-state index contributed by atoms with van der Waals surface area (Å²) in [4.78, 5) is 33.1. The van der Waals surface area contributed by atoms with Gasteiger partial charge in [0.05, 0.1) is 18.0 Å². The van der Waals surface area contributed by atoms with Crippen molar-refractivity contribution in [3.05, 3.63) is 93.1 Å². The van der Waals surface area contributed by atoms with E-state index in [0.29, 0.717) is 47.8 Å². The summed E-state index contributed by atoms with van der Waals surface area (Å²) in [5, 5.41) is 4.66. The predicted octanol–water partition coefficient (Wildman–Crippen LogP) is 4.32. The Morgan fingerprint density at radius 2 is 1.86 bits per heavy atom. The number of anilines is 1. The van der Waals surface area contributed by atoms with Crippen molar-refractivity contribution in [2.45, 2.75) is 25.9 Å². The number of piperidine rings is 1. The predicted molar refractivity (Wildman–Crippen MR) is 133 cm³/mol. The summed E-state index contributed by atoms with van der Waals surface area (Å²) in [7, 11) is 0. The first-order chi connectivity index (χ1) is 17.0. The molecule has 1 atom stereocenters. The molecule has 1 fully saturated rings. The van der Waals surface area contributed by atoms with Gasteiger partial charge in [-0.05, 0) is 47.5 Å². The molecule has 180 valence electrons. The van der Waals surface area contributed by atoms with Gasteiger partial charge in [0.25, 0.3) is 5.56 Å². The lowest BCUT2D eigenvalue weighted by atomic mass is 9.97. The van der Waals surface area contributed by atoms with Crippen LogP contribution in [0.15, 0.2) is 64.8 Å². The Labute approximate surface area is 204 Å². The van der Waals surface area contributed by atoms with Crippen LogP contribution < -0.4 is 15.8 Å². The average molecular weight is 495 g/mol. The standard InChI is InChI=1S/C26H24F2N4O2S/c27-20-11-18(12-21(28)13-20)14-29-24(33)19-7-4-9-31(16-19)26-30-22-8-10-35-23(22)25(34)32(26)15-17-5-2-1-3-6-17/h1-3,5-6,8,10-13,19H,4,7,9,14-16H2,(H,29,33)/t19-/m0/s1. The highest BCUT2D eigenvalue weighted by Crippen LogP contribution is 2.25. The van der Waals surface area contributed by atoms with Crippen LogP contribution in [0, 0.1) is 17.6 Å². The van der Waals surface area contributed by atoms with Crippen LogP contribution >= 0.6 is 11.3 Å². The zero-order valence-electron chi connectivity index (χ0n) is 18.9. The Bertz CT molecular complexity index is 1400. The van der Waals surface area contributed by atoms with Gasteiger partial charge >= 0.3 is 0 Å². The van der Waals surface area contributed by atoms with E-state index in [-0.39, 0.29) is 23.9 Å². The number of nitrogens with zero attached hydrogens (tertiary/aromatic N) is 3. The van der Waals surface area contributed by atoms with E-state index >= 15 is 0 Å². The number of hydrogen-bond donors (Lipinski definition) is 1. The van der Waals surface area contributed by atoms with Gasteiger partial charge in [-0.25, -0.2) is 13.8 Å². The second-order valence-electron chi connectivity index (χ2n) is 8.70. The lowest BCUT2D eigenvalue weighted by Crippen LogP contribution is -2.45. The minimum absolute atomic E-state index is 0.0435. The minimum Gasteiger partial charge on any atom is -0.352 e. The number of nitrogens with one attached hydrogen (secondary N) is 1. The molecule has 2 aromatic heterocycles. The van der Waals surface area contributed by atoms with Gasteiger partial charge in [-0.15, -0.1) is 11.3 Å². The van der Waals surface area contributed by atoms with Crippen LogP contribution in [0.4, 0.5) is 14.7 Å². The van der Waals surface area contributed by atoms with Crippen molar-refractivity contribution >= 4 is 33.4 Å². The number of hydrogen-bond acceptors (Lipinski definition) is 5. The molecular weight excluding hydrogens is 470 g/mol. The van der Waals surface area contributed by atoms with Crippen molar-refractivity contribution in [1.29, 1.82) is 0 Å². The Balaban J connectivity index is 1.38. The van der Waals surface area contributed by atoms with Crippen LogP contribution in [0.2, 0.25) is 0 Å². The first kappa shape index (κ1) is 23.2. The van der Waals surface area contributed by atoms with Crippen LogP contribution in [0.5, 0.6) is 0 Å². The van der Waals surface area contributed by atoms with Gasteiger partial charge in [0, 0.05) is 25.7 Å². The molecule has 1 saturated heterocycles. The molecule has 3 heterocycles. The molecule has 5 rings (SSSR count). The summed E-state index contributed by atoms with van der Waals surface area (Å²) in [6.07, 6.45) is 1.44. The summed E-state index contributed by atoms with van der Waals surface area (Å²) < 4.78 is 29.2. The molecule has 0 aliphatic carbocycles. The third-order valence-corrected chi connectivity index (χ3v) is 7.08. The highest BCUT2D eigenvalue weighted by atomic mass is 32.1. The van der Waals surface area contributed by atoms with E-state index in [0.717, 1.165) is 18.1 Å². The fourth-order valence-corrected chi connectivity index (χ4v) is 5.28. The molecule has 35 heavy (non-hydrogen) atoms. The summed E-state index contributed by atoms with van der Waals surface area (Å²) in [5.74, 6) is -1.32. The Kier molecular flexibility index (Phi) is 6.59. The zero-order chi connectivity index (χ0) is 24.4. The molecule has 0 saturated carbocycles. The van der Waals surface area contributed by atoms with E-state index in [2.05, 4.69) is 5.32 Å². The first-order valence-corrected chi connectivity index (χ1v) is 12.4. The van der Waals surface area contributed by atoms with E-state index in [1.165, 1.54) is 23.5 Å². The van der Waals surface area contributed by atoms with Crippen LogP contribution in [0.3, 0.4) is 0 Å².